The van der Waals surface area contributed by atoms with Crippen LogP contribution in [0.25, 0.3) is 0 Å². The number of carbonyl (C=O) groups excluding carboxylic acids is 10. The Morgan fingerprint density at radius 2 is 0.967 bits per heavy atom. The van der Waals surface area contributed by atoms with Gasteiger partial charge in [-0.2, -0.15) is 9.80 Å². The molecule has 0 spiro atoms. The van der Waals surface area contributed by atoms with Gasteiger partial charge >= 0.3 is 12.2 Å². The lowest BCUT2D eigenvalue weighted by atomic mass is 10.0. The predicted molar refractivity (Wildman–Crippen MR) is 211 cm³/mol. The summed E-state index contributed by atoms with van der Waals surface area (Å²) in [5, 5.41) is 5.65. The molecule has 6 rings (SSSR count). The van der Waals surface area contributed by atoms with E-state index in [0.717, 1.165) is 0 Å². The van der Waals surface area contributed by atoms with E-state index in [1.54, 1.807) is 77.9 Å². The van der Waals surface area contributed by atoms with Gasteiger partial charge < -0.3 is 29.9 Å². The highest BCUT2D eigenvalue weighted by molar-refractivity contribution is 6.15. The third-order valence-electron chi connectivity index (χ3n) is 10.3. The number of amides is 10. The Morgan fingerprint density at radius 1 is 0.600 bits per heavy atom. The normalized spacial score (nSPS) is 19.4. The van der Waals surface area contributed by atoms with Crippen LogP contribution in [0.15, 0.2) is 36.4 Å². The Labute approximate surface area is 345 Å². The Hall–Kier alpha value is -6.46. The molecule has 0 saturated carbocycles. The smallest absolute Gasteiger partial charge is 0.424 e. The molecule has 18 heteroatoms. The SMILES string of the molecule is CC(C)(C)OC(=O)N1C(=O)CCC(N2Cc3c(NC(=O)CCCCC(=O)Nc4cccc5c4CN(C4CCC(=O)N(C(=O)OC(C)(C)C)C4=O)C5=O)cccc3C2=O)C1=O. The van der Waals surface area contributed by atoms with Crippen LogP contribution in [0.4, 0.5) is 21.0 Å². The molecule has 10 amide bonds. The Morgan fingerprint density at radius 3 is 1.32 bits per heavy atom. The van der Waals surface area contributed by atoms with Crippen molar-refractivity contribution in [1.82, 2.24) is 19.6 Å². The zero-order chi connectivity index (χ0) is 43.8. The van der Waals surface area contributed by atoms with Crippen LogP contribution in [0.1, 0.15) is 125 Å². The van der Waals surface area contributed by atoms with E-state index < -0.39 is 70.9 Å². The zero-order valence-electron chi connectivity index (χ0n) is 34.4. The minimum absolute atomic E-state index is 0.0240. The molecule has 18 nitrogen and oxygen atoms in total. The summed E-state index contributed by atoms with van der Waals surface area (Å²) in [6, 6.07) is 7.42. The fourth-order valence-electron chi connectivity index (χ4n) is 7.55. The predicted octanol–water partition coefficient (Wildman–Crippen LogP) is 4.64. The fraction of sp³-hybridized carbons (Fsp3) is 0.476. The lowest BCUT2D eigenvalue weighted by Crippen LogP contribution is -2.57. The largest absolute Gasteiger partial charge is 0.443 e. The number of nitrogens with zero attached hydrogens (tertiary/aromatic N) is 4. The van der Waals surface area contributed by atoms with Crippen molar-refractivity contribution in [2.75, 3.05) is 10.6 Å². The second-order valence-electron chi connectivity index (χ2n) is 17.0. The van der Waals surface area contributed by atoms with Crippen molar-refractivity contribution in [3.8, 4) is 0 Å². The number of ether oxygens (including phenoxy) is 2. The van der Waals surface area contributed by atoms with Gasteiger partial charge in [0.2, 0.25) is 23.6 Å². The van der Waals surface area contributed by atoms with E-state index in [1.165, 1.54) is 9.80 Å². The number of rotatable bonds is 9. The highest BCUT2D eigenvalue weighted by Crippen LogP contribution is 2.35. The van der Waals surface area contributed by atoms with Crippen LogP contribution in [-0.4, -0.2) is 102 Å². The summed E-state index contributed by atoms with van der Waals surface area (Å²) in [4.78, 5) is 134. The molecule has 4 heterocycles. The van der Waals surface area contributed by atoms with E-state index >= 15 is 0 Å². The van der Waals surface area contributed by atoms with Crippen LogP contribution < -0.4 is 10.6 Å². The molecule has 0 radical (unpaired) electrons. The molecule has 2 saturated heterocycles. The molecule has 2 atom stereocenters. The molecular formula is C42H48N6O12. The minimum Gasteiger partial charge on any atom is -0.443 e. The number of nitrogens with one attached hydrogen (secondary N) is 2. The number of piperidine rings is 2. The first kappa shape index (κ1) is 43.1. The van der Waals surface area contributed by atoms with Crippen LogP contribution in [0, 0.1) is 0 Å². The Kier molecular flexibility index (Phi) is 12.0. The number of likely N-dealkylation sites (tertiary alicyclic amines) is 2. The van der Waals surface area contributed by atoms with E-state index in [1.807, 2.05) is 0 Å². The molecule has 0 bridgehead atoms. The summed E-state index contributed by atoms with van der Waals surface area (Å²) in [5.41, 5.74) is 0.346. The first-order valence-corrected chi connectivity index (χ1v) is 19.8. The number of hydrogen-bond donors (Lipinski definition) is 2. The van der Waals surface area contributed by atoms with E-state index in [9.17, 15) is 47.9 Å². The Bertz CT molecular complexity index is 2050. The summed E-state index contributed by atoms with van der Waals surface area (Å²) in [5.74, 6) is -4.82. The molecule has 60 heavy (non-hydrogen) atoms. The van der Waals surface area contributed by atoms with Gasteiger partial charge in [0.15, 0.2) is 0 Å². The van der Waals surface area contributed by atoms with Crippen LogP contribution in [0.2, 0.25) is 0 Å². The third kappa shape index (κ3) is 9.06. The molecule has 2 aromatic carbocycles. The molecule has 2 N–H and O–H groups in total. The van der Waals surface area contributed by atoms with E-state index in [0.29, 0.717) is 45.1 Å². The van der Waals surface area contributed by atoms with Crippen LogP contribution in [-0.2, 0) is 51.3 Å². The molecular weight excluding hydrogens is 780 g/mol. The summed E-state index contributed by atoms with van der Waals surface area (Å²) >= 11 is 0. The third-order valence-corrected chi connectivity index (χ3v) is 10.3. The van der Waals surface area contributed by atoms with E-state index in [-0.39, 0.29) is 74.6 Å². The molecule has 2 fully saturated rings. The minimum atomic E-state index is -1.10. The molecule has 318 valence electrons. The van der Waals surface area contributed by atoms with Gasteiger partial charge in [0.25, 0.3) is 23.6 Å². The van der Waals surface area contributed by atoms with Gasteiger partial charge in [-0.05, 0) is 91.5 Å². The van der Waals surface area contributed by atoms with Gasteiger partial charge in [-0.15, -0.1) is 0 Å². The number of fused-ring (bicyclic) bond motifs is 2. The topological polar surface area (TPSA) is 226 Å². The van der Waals surface area contributed by atoms with Gasteiger partial charge in [0.05, 0.1) is 0 Å². The average Bonchev–Trinajstić information content (AvgIpc) is 3.66. The van der Waals surface area contributed by atoms with E-state index in [2.05, 4.69) is 10.6 Å². The van der Waals surface area contributed by atoms with Crippen molar-refractivity contribution >= 4 is 70.8 Å². The van der Waals surface area contributed by atoms with E-state index in [4.69, 9.17) is 9.47 Å². The molecule has 2 unspecified atom stereocenters. The highest BCUT2D eigenvalue weighted by atomic mass is 16.6. The van der Waals surface area contributed by atoms with Gasteiger partial charge in [-0.25, -0.2) is 9.59 Å². The molecule has 0 aromatic heterocycles. The number of anilines is 2. The summed E-state index contributed by atoms with van der Waals surface area (Å²) < 4.78 is 10.5. The Balaban J connectivity index is 1.00. The number of carbonyl (C=O) groups is 10. The van der Waals surface area contributed by atoms with Crippen LogP contribution in [0.5, 0.6) is 0 Å². The first-order valence-electron chi connectivity index (χ1n) is 19.8. The van der Waals surface area contributed by atoms with Gasteiger partial charge in [-0.1, -0.05) is 12.1 Å². The van der Waals surface area contributed by atoms with Crippen molar-refractivity contribution in [1.29, 1.82) is 0 Å². The van der Waals surface area contributed by atoms with Gasteiger partial charge in [-0.3, -0.25) is 38.4 Å². The number of hydrogen-bond acceptors (Lipinski definition) is 12. The van der Waals surface area contributed by atoms with Gasteiger partial charge in [0, 0.05) is 72.4 Å². The molecule has 4 aliphatic heterocycles. The van der Waals surface area contributed by atoms with Crippen molar-refractivity contribution < 1.29 is 57.4 Å². The van der Waals surface area contributed by atoms with Crippen molar-refractivity contribution in [2.45, 2.75) is 129 Å². The lowest BCUT2D eigenvalue weighted by molar-refractivity contribution is -0.152. The second-order valence-corrected chi connectivity index (χ2v) is 17.0. The molecule has 2 aromatic rings. The van der Waals surface area contributed by atoms with Crippen LogP contribution >= 0.6 is 0 Å². The van der Waals surface area contributed by atoms with Gasteiger partial charge in [0.1, 0.15) is 23.3 Å². The highest BCUT2D eigenvalue weighted by Gasteiger charge is 2.48. The second kappa shape index (κ2) is 16.7. The average molecular weight is 829 g/mol. The maximum Gasteiger partial charge on any atom is 0.424 e. The summed E-state index contributed by atoms with van der Waals surface area (Å²) in [7, 11) is 0. The maximum atomic E-state index is 13.5. The molecule has 0 aliphatic carbocycles. The number of unbranched alkanes of at least 4 members (excludes halogenated alkanes) is 1. The van der Waals surface area contributed by atoms with Crippen molar-refractivity contribution in [3.63, 3.8) is 0 Å². The number of imide groups is 6. The zero-order valence-corrected chi connectivity index (χ0v) is 34.4. The standard InChI is InChI=1S/C42H48N6O12/c1-41(2,3)59-39(57)47-33(51)19-17-29(37(47)55)45-21-25-23(35(45)53)11-9-13-27(25)43-31(49)15-7-8-16-32(50)44-28-14-10-12-24-26(28)22-46(36(24)54)30-18-20-34(52)48(38(30)56)40(58)60-42(4,5)6/h9-14,29-30H,7-8,15-22H2,1-6H3,(H,43,49)(H,44,50). The maximum absolute atomic E-state index is 13.5. The van der Waals surface area contributed by atoms with Crippen molar-refractivity contribution in [3.05, 3.63) is 58.7 Å². The number of benzene rings is 2. The summed E-state index contributed by atoms with van der Waals surface area (Å²) in [6.45, 7) is 9.54. The fourth-order valence-corrected chi connectivity index (χ4v) is 7.55. The van der Waals surface area contributed by atoms with Crippen LogP contribution in [0.3, 0.4) is 0 Å². The monoisotopic (exact) mass is 828 g/mol. The lowest BCUT2D eigenvalue weighted by Gasteiger charge is -2.35. The molecule has 4 aliphatic rings. The first-order chi connectivity index (χ1) is 28.1. The summed E-state index contributed by atoms with van der Waals surface area (Å²) in [6.07, 6.45) is -1.69. The van der Waals surface area contributed by atoms with Crippen molar-refractivity contribution in [2.24, 2.45) is 0 Å². The quantitative estimate of drug-likeness (QED) is 0.260.